The van der Waals surface area contributed by atoms with Crippen molar-refractivity contribution in [3.8, 4) is 5.88 Å². The van der Waals surface area contributed by atoms with E-state index in [9.17, 15) is 14.7 Å². The summed E-state index contributed by atoms with van der Waals surface area (Å²) in [6.45, 7) is 3.05. The van der Waals surface area contributed by atoms with Crippen LogP contribution in [0.15, 0.2) is 30.5 Å². The molecule has 32 heavy (non-hydrogen) atoms. The van der Waals surface area contributed by atoms with Gasteiger partial charge >= 0.3 is 5.97 Å². The van der Waals surface area contributed by atoms with Crippen molar-refractivity contribution in [2.45, 2.75) is 25.4 Å². The fourth-order valence-corrected chi connectivity index (χ4v) is 3.75. The molecule has 2 aromatic heterocycles. The number of nitrogens with one attached hydrogen (secondary N) is 3. The van der Waals surface area contributed by atoms with E-state index in [4.69, 9.17) is 4.74 Å². The number of H-pyrrole nitrogens is 1. The minimum atomic E-state index is -0.773. The van der Waals surface area contributed by atoms with Crippen LogP contribution in [-0.2, 0) is 9.53 Å². The van der Waals surface area contributed by atoms with Gasteiger partial charge in [-0.3, -0.25) is 9.59 Å². The van der Waals surface area contributed by atoms with Crippen LogP contribution in [0.25, 0.3) is 10.9 Å². The van der Waals surface area contributed by atoms with E-state index in [1.54, 1.807) is 6.20 Å². The van der Waals surface area contributed by atoms with Crippen LogP contribution < -0.4 is 15.4 Å². The zero-order valence-electron chi connectivity index (χ0n) is 18.0. The lowest BCUT2D eigenvalue weighted by atomic mass is 10.0. The van der Waals surface area contributed by atoms with Gasteiger partial charge in [-0.2, -0.15) is 4.37 Å². The summed E-state index contributed by atoms with van der Waals surface area (Å²) < 4.78 is 18.5. The monoisotopic (exact) mass is 461 g/mol. The first-order chi connectivity index (χ1) is 15.5. The van der Waals surface area contributed by atoms with Crippen molar-refractivity contribution in [1.82, 2.24) is 24.4 Å². The molecule has 0 aliphatic heterocycles. The third-order valence-electron chi connectivity index (χ3n) is 4.86. The molecule has 4 N–H and O–H groups in total. The number of aromatic amines is 1. The summed E-state index contributed by atoms with van der Waals surface area (Å²) >= 11 is 0.991. The molecular formula is C21H27N5O5S. The summed E-state index contributed by atoms with van der Waals surface area (Å²) in [5, 5.41) is 17.0. The van der Waals surface area contributed by atoms with Crippen molar-refractivity contribution >= 4 is 34.5 Å². The second-order valence-electron chi connectivity index (χ2n) is 7.31. The first-order valence-corrected chi connectivity index (χ1v) is 11.0. The molecule has 2 heterocycles. The number of carbonyl (C=O) groups excluding carboxylic acids is 2. The molecule has 3 aromatic rings. The van der Waals surface area contributed by atoms with E-state index in [2.05, 4.69) is 29.1 Å². The minimum absolute atomic E-state index is 0.0258. The van der Waals surface area contributed by atoms with E-state index in [1.807, 2.05) is 31.2 Å². The summed E-state index contributed by atoms with van der Waals surface area (Å²) in [5.74, 6) is -0.376. The highest BCUT2D eigenvalue weighted by molar-refractivity contribution is 6.99. The first-order valence-electron chi connectivity index (χ1n) is 10.2. The Morgan fingerprint density at radius 2 is 2.06 bits per heavy atom. The second kappa shape index (κ2) is 11.6. The Hall–Kier alpha value is -3.02. The zero-order valence-corrected chi connectivity index (χ0v) is 18.8. The maximum absolute atomic E-state index is 12.4. The number of benzene rings is 1. The summed E-state index contributed by atoms with van der Waals surface area (Å²) in [6, 6.07) is 7.62. The van der Waals surface area contributed by atoms with Crippen molar-refractivity contribution in [3.05, 3.63) is 41.7 Å². The molecule has 0 spiro atoms. The average Bonchev–Trinajstić information content (AvgIpc) is 3.44. The number of esters is 1. The molecule has 0 aliphatic carbocycles. The molecule has 11 heteroatoms. The van der Waals surface area contributed by atoms with Gasteiger partial charge in [0.2, 0.25) is 5.88 Å². The van der Waals surface area contributed by atoms with Crippen LogP contribution in [0, 0.1) is 0 Å². The number of aliphatic hydroxyl groups is 1. The van der Waals surface area contributed by atoms with Gasteiger partial charge in [0.1, 0.15) is 18.4 Å². The number of fused-ring (bicyclic) bond motifs is 1. The summed E-state index contributed by atoms with van der Waals surface area (Å²) in [6.07, 6.45) is 1.10. The van der Waals surface area contributed by atoms with E-state index in [0.29, 0.717) is 30.2 Å². The first kappa shape index (κ1) is 23.6. The van der Waals surface area contributed by atoms with E-state index < -0.39 is 6.10 Å². The second-order valence-corrected chi connectivity index (χ2v) is 7.84. The van der Waals surface area contributed by atoms with Crippen molar-refractivity contribution in [2.24, 2.45) is 0 Å². The van der Waals surface area contributed by atoms with Gasteiger partial charge in [-0.05, 0) is 6.07 Å². The zero-order chi connectivity index (χ0) is 22.9. The van der Waals surface area contributed by atoms with Crippen molar-refractivity contribution < 1.29 is 24.2 Å². The summed E-state index contributed by atoms with van der Waals surface area (Å²) in [5.41, 5.74) is 2.08. The third-order valence-corrected chi connectivity index (χ3v) is 5.39. The number of methoxy groups -OCH3 is 1. The molecule has 1 aromatic carbocycles. The van der Waals surface area contributed by atoms with E-state index in [1.165, 1.54) is 7.11 Å². The quantitative estimate of drug-likeness (QED) is 0.235. The molecule has 10 nitrogen and oxygen atoms in total. The highest BCUT2D eigenvalue weighted by atomic mass is 32.1. The maximum Gasteiger partial charge on any atom is 0.306 e. The van der Waals surface area contributed by atoms with Crippen LogP contribution in [0.5, 0.6) is 5.88 Å². The molecule has 3 rings (SSSR count). The fraction of sp³-hybridized carbons (Fsp3) is 0.429. The van der Waals surface area contributed by atoms with Crippen LogP contribution in [0.4, 0.5) is 0 Å². The predicted octanol–water partition coefficient (Wildman–Crippen LogP) is 1.45. The lowest BCUT2D eigenvalue weighted by molar-refractivity contribution is -0.141. The van der Waals surface area contributed by atoms with E-state index in [-0.39, 0.29) is 37.4 Å². The SMILES string of the molecule is COC(=O)CC(C)c1nsnc1OCC(O)CNCCNC(=O)c1c[nH]c2ccccc12. The number of amides is 1. The molecule has 1 amide bonds. The van der Waals surface area contributed by atoms with Crippen molar-refractivity contribution in [1.29, 1.82) is 0 Å². The van der Waals surface area contributed by atoms with Crippen molar-refractivity contribution in [2.75, 3.05) is 33.4 Å². The Bertz CT molecular complexity index is 1040. The topological polar surface area (TPSA) is 138 Å². The average molecular weight is 462 g/mol. The number of para-hydroxylation sites is 1. The fourth-order valence-electron chi connectivity index (χ4n) is 3.14. The Balaban J connectivity index is 1.35. The Kier molecular flexibility index (Phi) is 8.54. The normalized spacial score (nSPS) is 13.0. The Labute approximate surface area is 189 Å². The number of hydrogen-bond acceptors (Lipinski definition) is 9. The minimum Gasteiger partial charge on any atom is -0.473 e. The smallest absolute Gasteiger partial charge is 0.306 e. The molecule has 0 saturated heterocycles. The van der Waals surface area contributed by atoms with Gasteiger partial charge in [-0.1, -0.05) is 25.1 Å². The molecule has 0 aliphatic rings. The maximum atomic E-state index is 12.4. The van der Waals surface area contributed by atoms with Crippen LogP contribution in [0.1, 0.15) is 35.3 Å². The van der Waals surface area contributed by atoms with Gasteiger partial charge in [-0.25, -0.2) is 0 Å². The summed E-state index contributed by atoms with van der Waals surface area (Å²) in [4.78, 5) is 26.9. The number of aliphatic hydroxyl groups excluding tert-OH is 1. The largest absolute Gasteiger partial charge is 0.473 e. The highest BCUT2D eigenvalue weighted by Crippen LogP contribution is 2.27. The molecule has 0 bridgehead atoms. The molecule has 0 saturated carbocycles. The van der Waals surface area contributed by atoms with Gasteiger partial charge in [0.05, 0.1) is 30.8 Å². The van der Waals surface area contributed by atoms with Gasteiger partial charge in [-0.15, -0.1) is 4.37 Å². The number of carbonyl (C=O) groups is 2. The van der Waals surface area contributed by atoms with Crippen LogP contribution in [0.2, 0.25) is 0 Å². The van der Waals surface area contributed by atoms with E-state index in [0.717, 1.165) is 22.6 Å². The van der Waals surface area contributed by atoms with Gasteiger partial charge < -0.3 is 30.2 Å². The lowest BCUT2D eigenvalue weighted by Gasteiger charge is -2.14. The van der Waals surface area contributed by atoms with Crippen LogP contribution in [-0.4, -0.2) is 70.2 Å². The Morgan fingerprint density at radius 3 is 2.88 bits per heavy atom. The van der Waals surface area contributed by atoms with Gasteiger partial charge in [0.25, 0.3) is 5.91 Å². The number of hydrogen-bond donors (Lipinski definition) is 4. The third kappa shape index (κ3) is 6.25. The van der Waals surface area contributed by atoms with E-state index >= 15 is 0 Å². The Morgan fingerprint density at radius 1 is 1.25 bits per heavy atom. The standard InChI is InChI=1S/C21H27N5O5S/c1-13(9-18(28)30-2)19-21(26-32-25-19)31-12-14(27)10-22-7-8-23-20(29)16-11-24-17-6-4-3-5-15(16)17/h3-6,11,13-14,22,24,27H,7-10,12H2,1-2H3,(H,23,29). The number of nitrogens with zero attached hydrogens (tertiary/aromatic N) is 2. The van der Waals surface area contributed by atoms with Crippen LogP contribution >= 0.6 is 11.7 Å². The number of ether oxygens (including phenoxy) is 2. The van der Waals surface area contributed by atoms with Crippen LogP contribution in [0.3, 0.4) is 0 Å². The van der Waals surface area contributed by atoms with Gasteiger partial charge in [0.15, 0.2) is 0 Å². The molecule has 2 atom stereocenters. The summed E-state index contributed by atoms with van der Waals surface area (Å²) in [7, 11) is 1.34. The number of rotatable bonds is 12. The highest BCUT2D eigenvalue weighted by Gasteiger charge is 2.21. The number of aromatic nitrogens is 3. The molecule has 172 valence electrons. The molecule has 0 radical (unpaired) electrons. The van der Waals surface area contributed by atoms with Gasteiger partial charge in [0, 0.05) is 42.7 Å². The predicted molar refractivity (Wildman–Crippen MR) is 120 cm³/mol. The molecule has 2 unspecified atom stereocenters. The lowest BCUT2D eigenvalue weighted by Crippen LogP contribution is -2.37. The molecular weight excluding hydrogens is 434 g/mol. The van der Waals surface area contributed by atoms with Crippen molar-refractivity contribution in [3.63, 3.8) is 0 Å². The molecule has 0 fully saturated rings.